The maximum absolute atomic E-state index is 13.0. The van der Waals surface area contributed by atoms with E-state index in [-0.39, 0.29) is 12.5 Å². The van der Waals surface area contributed by atoms with Crippen molar-refractivity contribution >= 4 is 5.91 Å². The lowest BCUT2D eigenvalue weighted by Crippen LogP contribution is -2.60. The molecule has 0 saturated carbocycles. The zero-order valence-corrected chi connectivity index (χ0v) is 40.9. The highest BCUT2D eigenvalue weighted by atomic mass is 16.7. The van der Waals surface area contributed by atoms with Gasteiger partial charge in [-0.3, -0.25) is 4.79 Å². The third-order valence-electron chi connectivity index (χ3n) is 13.5. The Morgan fingerprint density at radius 1 is 0.484 bits per heavy atom. The standard InChI is InChI=1S/C53H105NO8/c1-3-5-7-9-11-13-15-17-19-20-21-22-23-24-25-26-27-29-30-32-34-36-38-40-42-47(56)46(45-61-53-52(60)51(59)50(58)48(44-55)62-53)54-49(57)43-41-39-37-35-33-31-28-18-16-14-12-10-8-6-4-2/h46-48,50-53,55-56,58-60H,3-45H2,1-2H3,(H,54,57). The molecule has 9 nitrogen and oxygen atoms in total. The highest BCUT2D eigenvalue weighted by molar-refractivity contribution is 5.76. The number of hydrogen-bond acceptors (Lipinski definition) is 8. The monoisotopic (exact) mass is 884 g/mol. The molecule has 7 unspecified atom stereocenters. The summed E-state index contributed by atoms with van der Waals surface area (Å²) < 4.78 is 11.3. The summed E-state index contributed by atoms with van der Waals surface area (Å²) in [6.07, 6.45) is 44.1. The molecule has 370 valence electrons. The second-order valence-electron chi connectivity index (χ2n) is 19.4. The topological polar surface area (TPSA) is 149 Å². The Hall–Kier alpha value is -0.810. The number of rotatable bonds is 47. The van der Waals surface area contributed by atoms with Gasteiger partial charge in [0.1, 0.15) is 24.4 Å². The van der Waals surface area contributed by atoms with Gasteiger partial charge in [-0.1, -0.05) is 258 Å². The van der Waals surface area contributed by atoms with Gasteiger partial charge in [0.2, 0.25) is 5.91 Å². The number of aliphatic hydroxyl groups excluding tert-OH is 5. The highest BCUT2D eigenvalue weighted by Crippen LogP contribution is 2.23. The van der Waals surface area contributed by atoms with E-state index in [2.05, 4.69) is 19.2 Å². The van der Waals surface area contributed by atoms with Gasteiger partial charge in [-0.2, -0.15) is 0 Å². The Balaban J connectivity index is 2.20. The van der Waals surface area contributed by atoms with E-state index in [1.807, 2.05) is 0 Å². The summed E-state index contributed by atoms with van der Waals surface area (Å²) in [5, 5.41) is 54.6. The Morgan fingerprint density at radius 2 is 0.806 bits per heavy atom. The fourth-order valence-corrected chi connectivity index (χ4v) is 9.11. The van der Waals surface area contributed by atoms with Crippen molar-refractivity contribution in [2.75, 3.05) is 13.2 Å². The van der Waals surface area contributed by atoms with Crippen LogP contribution in [0.4, 0.5) is 0 Å². The minimum Gasteiger partial charge on any atom is -0.394 e. The number of hydrogen-bond donors (Lipinski definition) is 6. The number of carbonyl (C=O) groups is 1. The average Bonchev–Trinajstić information content (AvgIpc) is 3.27. The van der Waals surface area contributed by atoms with Crippen molar-refractivity contribution in [2.24, 2.45) is 0 Å². The lowest BCUT2D eigenvalue weighted by atomic mass is 9.99. The van der Waals surface area contributed by atoms with Gasteiger partial charge in [0.05, 0.1) is 25.4 Å². The number of amides is 1. The van der Waals surface area contributed by atoms with Gasteiger partial charge in [-0.05, 0) is 12.8 Å². The Labute approximate surface area is 383 Å². The molecule has 1 aliphatic heterocycles. The normalized spacial score (nSPS) is 20.1. The van der Waals surface area contributed by atoms with Gasteiger partial charge < -0.3 is 40.3 Å². The average molecular weight is 884 g/mol. The molecule has 1 fully saturated rings. The van der Waals surface area contributed by atoms with Crippen molar-refractivity contribution in [1.82, 2.24) is 5.32 Å². The van der Waals surface area contributed by atoms with Crippen LogP contribution in [0.5, 0.6) is 0 Å². The molecule has 0 aromatic carbocycles. The summed E-state index contributed by atoms with van der Waals surface area (Å²) >= 11 is 0. The van der Waals surface area contributed by atoms with Gasteiger partial charge in [-0.15, -0.1) is 0 Å². The van der Waals surface area contributed by atoms with Crippen molar-refractivity contribution in [1.29, 1.82) is 0 Å². The van der Waals surface area contributed by atoms with Crippen molar-refractivity contribution in [2.45, 2.75) is 320 Å². The maximum Gasteiger partial charge on any atom is 0.220 e. The molecule has 0 bridgehead atoms. The Morgan fingerprint density at radius 3 is 1.15 bits per heavy atom. The quantitative estimate of drug-likeness (QED) is 0.0331. The first-order chi connectivity index (χ1) is 30.3. The van der Waals surface area contributed by atoms with E-state index < -0.39 is 49.5 Å². The summed E-state index contributed by atoms with van der Waals surface area (Å²) in [6, 6.07) is -0.712. The van der Waals surface area contributed by atoms with Crippen LogP contribution in [0.1, 0.15) is 277 Å². The first-order valence-electron chi connectivity index (χ1n) is 27.2. The molecule has 9 heteroatoms. The summed E-state index contributed by atoms with van der Waals surface area (Å²) in [5.41, 5.74) is 0. The van der Waals surface area contributed by atoms with E-state index in [0.717, 1.165) is 38.5 Å². The minimum atomic E-state index is -1.55. The van der Waals surface area contributed by atoms with Crippen LogP contribution in [0.25, 0.3) is 0 Å². The molecule has 62 heavy (non-hydrogen) atoms. The summed E-state index contributed by atoms with van der Waals surface area (Å²) in [6.45, 7) is 3.87. The molecular weight excluding hydrogens is 779 g/mol. The molecule has 0 radical (unpaired) electrons. The van der Waals surface area contributed by atoms with Gasteiger partial charge in [0, 0.05) is 6.42 Å². The fraction of sp³-hybridized carbons (Fsp3) is 0.981. The molecule has 0 aromatic rings. The summed E-state index contributed by atoms with van der Waals surface area (Å²) in [4.78, 5) is 13.0. The molecule has 1 heterocycles. The number of unbranched alkanes of at least 4 members (excludes halogenated alkanes) is 37. The number of ether oxygens (including phenoxy) is 2. The molecular formula is C53H105NO8. The largest absolute Gasteiger partial charge is 0.394 e. The van der Waals surface area contributed by atoms with Crippen molar-refractivity contribution in [3.8, 4) is 0 Å². The van der Waals surface area contributed by atoms with Crippen LogP contribution in [-0.4, -0.2) is 87.5 Å². The number of nitrogens with one attached hydrogen (secondary N) is 1. The SMILES string of the molecule is CCCCCCCCCCCCCCCCCCCCCCCCCCC(O)C(COC1OC(CO)C(O)C(O)C1O)NC(=O)CCCCCCCCCCCCCCCCC. The zero-order chi connectivity index (χ0) is 45.1. The third kappa shape index (κ3) is 33.6. The Kier molecular flexibility index (Phi) is 42.1. The first-order valence-corrected chi connectivity index (χ1v) is 27.2. The minimum absolute atomic E-state index is 0.131. The molecule has 7 atom stereocenters. The van der Waals surface area contributed by atoms with E-state index in [1.54, 1.807) is 0 Å². The zero-order valence-electron chi connectivity index (χ0n) is 40.9. The van der Waals surface area contributed by atoms with Crippen LogP contribution in [0.2, 0.25) is 0 Å². The van der Waals surface area contributed by atoms with Crippen molar-refractivity contribution < 1.29 is 39.8 Å². The third-order valence-corrected chi connectivity index (χ3v) is 13.5. The van der Waals surface area contributed by atoms with Crippen LogP contribution < -0.4 is 5.32 Å². The second-order valence-corrected chi connectivity index (χ2v) is 19.4. The van der Waals surface area contributed by atoms with Crippen LogP contribution in [0, 0.1) is 0 Å². The first kappa shape index (κ1) is 59.2. The van der Waals surface area contributed by atoms with Gasteiger partial charge in [0.15, 0.2) is 6.29 Å². The molecule has 1 saturated heterocycles. The molecule has 0 spiro atoms. The predicted octanol–water partition coefficient (Wildman–Crippen LogP) is 12.7. The van der Waals surface area contributed by atoms with Gasteiger partial charge in [-0.25, -0.2) is 0 Å². The molecule has 1 rings (SSSR count). The fourth-order valence-electron chi connectivity index (χ4n) is 9.11. The van der Waals surface area contributed by atoms with Crippen LogP contribution in [0.3, 0.4) is 0 Å². The summed E-state index contributed by atoms with van der Waals surface area (Å²) in [7, 11) is 0. The van der Waals surface area contributed by atoms with E-state index in [0.29, 0.717) is 12.8 Å². The van der Waals surface area contributed by atoms with E-state index in [4.69, 9.17) is 9.47 Å². The summed E-state index contributed by atoms with van der Waals surface area (Å²) in [5.74, 6) is -0.138. The van der Waals surface area contributed by atoms with Crippen molar-refractivity contribution in [3.05, 3.63) is 0 Å². The Bertz CT molecular complexity index is 939. The second kappa shape index (κ2) is 44.0. The smallest absolute Gasteiger partial charge is 0.220 e. The maximum atomic E-state index is 13.0. The molecule has 0 aromatic heterocycles. The molecule has 1 amide bonds. The molecule has 6 N–H and O–H groups in total. The molecule has 1 aliphatic rings. The van der Waals surface area contributed by atoms with Crippen molar-refractivity contribution in [3.63, 3.8) is 0 Å². The van der Waals surface area contributed by atoms with Crippen LogP contribution in [0.15, 0.2) is 0 Å². The van der Waals surface area contributed by atoms with E-state index in [1.165, 1.54) is 212 Å². The van der Waals surface area contributed by atoms with Crippen LogP contribution >= 0.6 is 0 Å². The molecule has 0 aliphatic carbocycles. The van der Waals surface area contributed by atoms with Gasteiger partial charge in [0.25, 0.3) is 0 Å². The van der Waals surface area contributed by atoms with E-state index >= 15 is 0 Å². The predicted molar refractivity (Wildman–Crippen MR) is 258 cm³/mol. The number of aliphatic hydroxyl groups is 5. The number of carbonyl (C=O) groups excluding carboxylic acids is 1. The lowest BCUT2D eigenvalue weighted by Gasteiger charge is -2.40. The van der Waals surface area contributed by atoms with Crippen LogP contribution in [-0.2, 0) is 14.3 Å². The highest BCUT2D eigenvalue weighted by Gasteiger charge is 2.44. The van der Waals surface area contributed by atoms with Gasteiger partial charge >= 0.3 is 0 Å². The van der Waals surface area contributed by atoms with E-state index in [9.17, 15) is 30.3 Å². The lowest BCUT2D eigenvalue weighted by molar-refractivity contribution is -0.302.